The maximum Gasteiger partial charge on any atom is 0.303 e. The Balaban J connectivity index is 2.90. The Morgan fingerprint density at radius 2 is 1.88 bits per heavy atom. The summed E-state index contributed by atoms with van der Waals surface area (Å²) in [6.45, 7) is 3.41. The summed E-state index contributed by atoms with van der Waals surface area (Å²) < 4.78 is 13.0. The van der Waals surface area contributed by atoms with Crippen molar-refractivity contribution in [2.45, 2.75) is 32.8 Å². The van der Waals surface area contributed by atoms with Crippen molar-refractivity contribution in [3.63, 3.8) is 0 Å². The lowest BCUT2D eigenvalue weighted by Gasteiger charge is -2.15. The fraction of sp³-hybridized carbons (Fsp3) is 0.417. The predicted molar refractivity (Wildman–Crippen MR) is 57.7 cm³/mol. The highest BCUT2D eigenvalue weighted by molar-refractivity contribution is 5.66. The largest absolute Gasteiger partial charge is 0.481 e. The van der Waals surface area contributed by atoms with Gasteiger partial charge in [-0.05, 0) is 49.1 Å². The first-order chi connectivity index (χ1) is 7.41. The first kappa shape index (κ1) is 12.6. The second kappa shape index (κ2) is 5.07. The van der Waals surface area contributed by atoms with Crippen LogP contribution in [0.5, 0.6) is 0 Å². The Kier molecular flexibility index (Phi) is 4.01. The average Bonchev–Trinajstić information content (AvgIpc) is 2.12. The second-order valence-corrected chi connectivity index (χ2v) is 3.90. The van der Waals surface area contributed by atoms with Crippen LogP contribution in [0, 0.1) is 19.7 Å². The third-order valence-electron chi connectivity index (χ3n) is 2.52. The summed E-state index contributed by atoms with van der Waals surface area (Å²) in [5.74, 6) is -1.29. The molecule has 1 unspecified atom stereocenters. The number of carboxylic acid groups (broad SMARTS) is 1. The summed E-state index contributed by atoms with van der Waals surface area (Å²) in [6, 6.07) is 2.68. The van der Waals surface area contributed by atoms with Crippen molar-refractivity contribution in [2.24, 2.45) is 0 Å². The standard InChI is InChI=1S/C12H15FO3/c1-7-5-9(13)6-8(2)12(7)10(14)3-4-11(15)16/h5-6,10,14H,3-4H2,1-2H3,(H,15,16). The molecule has 1 rings (SSSR count). The van der Waals surface area contributed by atoms with Crippen molar-refractivity contribution in [1.82, 2.24) is 0 Å². The van der Waals surface area contributed by atoms with Gasteiger partial charge < -0.3 is 10.2 Å². The first-order valence-electron chi connectivity index (χ1n) is 5.08. The number of aliphatic hydroxyl groups is 1. The van der Waals surface area contributed by atoms with E-state index in [9.17, 15) is 14.3 Å². The lowest BCUT2D eigenvalue weighted by atomic mass is 9.95. The van der Waals surface area contributed by atoms with Gasteiger partial charge in [-0.25, -0.2) is 4.39 Å². The van der Waals surface area contributed by atoms with Gasteiger partial charge in [0.1, 0.15) is 5.82 Å². The highest BCUT2D eigenvalue weighted by Crippen LogP contribution is 2.26. The zero-order chi connectivity index (χ0) is 12.3. The normalized spacial score (nSPS) is 12.5. The highest BCUT2D eigenvalue weighted by Gasteiger charge is 2.15. The van der Waals surface area contributed by atoms with Gasteiger partial charge in [0.25, 0.3) is 0 Å². The molecule has 1 atom stereocenters. The summed E-state index contributed by atoms with van der Waals surface area (Å²) in [6.07, 6.45) is -0.809. The number of aryl methyl sites for hydroxylation is 2. The summed E-state index contributed by atoms with van der Waals surface area (Å²) in [4.78, 5) is 10.4. The van der Waals surface area contributed by atoms with Gasteiger partial charge in [0.2, 0.25) is 0 Å². The number of hydrogen-bond donors (Lipinski definition) is 2. The molecule has 3 nitrogen and oxygen atoms in total. The second-order valence-electron chi connectivity index (χ2n) is 3.90. The maximum atomic E-state index is 13.0. The molecule has 1 aromatic carbocycles. The Morgan fingerprint density at radius 1 is 1.38 bits per heavy atom. The van der Waals surface area contributed by atoms with Gasteiger partial charge in [-0.15, -0.1) is 0 Å². The molecule has 4 heteroatoms. The Hall–Kier alpha value is -1.42. The topological polar surface area (TPSA) is 57.5 Å². The fourth-order valence-corrected chi connectivity index (χ4v) is 1.85. The van der Waals surface area contributed by atoms with E-state index in [2.05, 4.69) is 0 Å². The molecular weight excluding hydrogens is 211 g/mol. The smallest absolute Gasteiger partial charge is 0.303 e. The minimum Gasteiger partial charge on any atom is -0.481 e. The molecule has 0 aromatic heterocycles. The van der Waals surface area contributed by atoms with E-state index in [4.69, 9.17) is 5.11 Å². The van der Waals surface area contributed by atoms with E-state index in [0.717, 1.165) is 0 Å². The number of aliphatic carboxylic acids is 1. The molecule has 88 valence electrons. The molecule has 0 aliphatic heterocycles. The third-order valence-corrected chi connectivity index (χ3v) is 2.52. The van der Waals surface area contributed by atoms with Gasteiger partial charge in [0, 0.05) is 6.42 Å². The molecule has 1 aromatic rings. The van der Waals surface area contributed by atoms with Gasteiger partial charge in [0.05, 0.1) is 6.10 Å². The van der Waals surface area contributed by atoms with E-state index < -0.39 is 12.1 Å². The lowest BCUT2D eigenvalue weighted by Crippen LogP contribution is -2.06. The minimum atomic E-state index is -0.948. The van der Waals surface area contributed by atoms with Crippen molar-refractivity contribution in [3.05, 3.63) is 34.6 Å². The van der Waals surface area contributed by atoms with Crippen LogP contribution >= 0.6 is 0 Å². The number of rotatable bonds is 4. The first-order valence-corrected chi connectivity index (χ1v) is 5.08. The number of carbonyl (C=O) groups is 1. The van der Waals surface area contributed by atoms with Gasteiger partial charge in [-0.1, -0.05) is 0 Å². The number of carboxylic acids is 1. The molecule has 0 bridgehead atoms. The lowest BCUT2D eigenvalue weighted by molar-refractivity contribution is -0.137. The van der Waals surface area contributed by atoms with Crippen molar-refractivity contribution >= 4 is 5.97 Å². The van der Waals surface area contributed by atoms with Crippen molar-refractivity contribution in [2.75, 3.05) is 0 Å². The van der Waals surface area contributed by atoms with Crippen LogP contribution in [-0.2, 0) is 4.79 Å². The van der Waals surface area contributed by atoms with Crippen molar-refractivity contribution in [3.8, 4) is 0 Å². The summed E-state index contributed by atoms with van der Waals surface area (Å²) in [7, 11) is 0. The van der Waals surface area contributed by atoms with Crippen LogP contribution in [0.3, 0.4) is 0 Å². The van der Waals surface area contributed by atoms with E-state index in [1.165, 1.54) is 12.1 Å². The van der Waals surface area contributed by atoms with Crippen LogP contribution in [0.15, 0.2) is 12.1 Å². The van der Waals surface area contributed by atoms with Gasteiger partial charge >= 0.3 is 5.97 Å². The number of hydrogen-bond acceptors (Lipinski definition) is 2. The van der Waals surface area contributed by atoms with Gasteiger partial charge in [0.15, 0.2) is 0 Å². The Morgan fingerprint density at radius 3 is 2.31 bits per heavy atom. The fourth-order valence-electron chi connectivity index (χ4n) is 1.85. The summed E-state index contributed by atoms with van der Waals surface area (Å²) >= 11 is 0. The van der Waals surface area contributed by atoms with Crippen LogP contribution in [0.4, 0.5) is 4.39 Å². The van der Waals surface area contributed by atoms with E-state index in [1.807, 2.05) is 0 Å². The van der Waals surface area contributed by atoms with Crippen LogP contribution in [0.1, 0.15) is 35.6 Å². The predicted octanol–water partition coefficient (Wildman–Crippen LogP) is 2.34. The van der Waals surface area contributed by atoms with E-state index in [1.54, 1.807) is 13.8 Å². The van der Waals surface area contributed by atoms with Crippen molar-refractivity contribution < 1.29 is 19.4 Å². The minimum absolute atomic E-state index is 0.0998. The molecule has 0 fully saturated rings. The number of aliphatic hydroxyl groups excluding tert-OH is 1. The molecule has 0 radical (unpaired) electrons. The molecule has 0 amide bonds. The van der Waals surface area contributed by atoms with Gasteiger partial charge in [-0.3, -0.25) is 4.79 Å². The molecule has 0 saturated heterocycles. The molecule has 0 aliphatic rings. The van der Waals surface area contributed by atoms with Crippen LogP contribution < -0.4 is 0 Å². The van der Waals surface area contributed by atoms with E-state index in [0.29, 0.717) is 16.7 Å². The van der Waals surface area contributed by atoms with E-state index in [-0.39, 0.29) is 18.7 Å². The average molecular weight is 226 g/mol. The number of benzene rings is 1. The van der Waals surface area contributed by atoms with Crippen LogP contribution in [0.25, 0.3) is 0 Å². The van der Waals surface area contributed by atoms with Crippen molar-refractivity contribution in [1.29, 1.82) is 0 Å². The van der Waals surface area contributed by atoms with E-state index >= 15 is 0 Å². The molecule has 0 saturated carbocycles. The highest BCUT2D eigenvalue weighted by atomic mass is 19.1. The molecule has 0 heterocycles. The Labute approximate surface area is 93.5 Å². The third kappa shape index (κ3) is 3.03. The molecule has 0 aliphatic carbocycles. The molecular formula is C12H15FO3. The molecule has 16 heavy (non-hydrogen) atoms. The zero-order valence-corrected chi connectivity index (χ0v) is 9.33. The van der Waals surface area contributed by atoms with Crippen LogP contribution in [0.2, 0.25) is 0 Å². The SMILES string of the molecule is Cc1cc(F)cc(C)c1C(O)CCC(=O)O. The van der Waals surface area contributed by atoms with Gasteiger partial charge in [-0.2, -0.15) is 0 Å². The maximum absolute atomic E-state index is 13.0. The zero-order valence-electron chi connectivity index (χ0n) is 9.33. The molecule has 2 N–H and O–H groups in total. The number of halogens is 1. The molecule has 0 spiro atoms. The van der Waals surface area contributed by atoms with Crippen LogP contribution in [-0.4, -0.2) is 16.2 Å². The summed E-state index contributed by atoms with van der Waals surface area (Å²) in [5, 5.41) is 18.4. The quantitative estimate of drug-likeness (QED) is 0.828. The Bertz CT molecular complexity index is 378. The monoisotopic (exact) mass is 226 g/mol. The summed E-state index contributed by atoms with van der Waals surface area (Å²) in [5.41, 5.74) is 1.92.